The van der Waals surface area contributed by atoms with E-state index in [4.69, 9.17) is 4.74 Å². The van der Waals surface area contributed by atoms with Gasteiger partial charge >= 0.3 is 0 Å². The highest BCUT2D eigenvalue weighted by molar-refractivity contribution is 5.49. The third-order valence-electron chi connectivity index (χ3n) is 4.20. The fourth-order valence-corrected chi connectivity index (χ4v) is 2.74. The molecule has 0 saturated carbocycles. The van der Waals surface area contributed by atoms with Gasteiger partial charge in [0.15, 0.2) is 0 Å². The van der Waals surface area contributed by atoms with Crippen molar-refractivity contribution in [3.05, 3.63) is 65.2 Å². The van der Waals surface area contributed by atoms with Crippen LogP contribution in [-0.2, 0) is 5.41 Å². The lowest BCUT2D eigenvalue weighted by Crippen LogP contribution is -2.12. The average molecular weight is 335 g/mol. The minimum Gasteiger partial charge on any atom is -0.494 e. The van der Waals surface area contributed by atoms with Crippen molar-refractivity contribution in [1.82, 2.24) is 0 Å². The molecule has 0 aliphatic carbocycles. The molecule has 1 nitrogen and oxygen atoms in total. The summed E-state index contributed by atoms with van der Waals surface area (Å²) in [5.74, 6) is 7.54. The van der Waals surface area contributed by atoms with Crippen LogP contribution in [0, 0.1) is 11.8 Å². The van der Waals surface area contributed by atoms with Crippen molar-refractivity contribution < 1.29 is 4.74 Å². The van der Waals surface area contributed by atoms with E-state index in [1.54, 1.807) is 0 Å². The fourth-order valence-electron chi connectivity index (χ4n) is 2.74. The number of hydrogen-bond donors (Lipinski definition) is 0. The molecule has 1 heteroatoms. The van der Waals surface area contributed by atoms with Crippen LogP contribution in [0.2, 0.25) is 0 Å². The van der Waals surface area contributed by atoms with E-state index >= 15 is 0 Å². The zero-order valence-electron chi connectivity index (χ0n) is 16.1. The molecule has 0 N–H and O–H groups in total. The van der Waals surface area contributed by atoms with E-state index in [1.807, 2.05) is 24.3 Å². The Kier molecular flexibility index (Phi) is 7.14. The molecule has 0 heterocycles. The molecule has 0 aliphatic rings. The standard InChI is InChI=1S/C24H30O/c1-5-6-7-10-19-25-22-17-14-20(15-18-22)13-16-21-11-8-9-12-23(21)24(2,3)4/h8-9,11-12,14-15,17-18H,5-7,10,19H2,1-4H3. The third-order valence-corrected chi connectivity index (χ3v) is 4.20. The first kappa shape index (κ1) is 19.1. The molecule has 0 spiro atoms. The second-order valence-electron chi connectivity index (χ2n) is 7.48. The van der Waals surface area contributed by atoms with Crippen molar-refractivity contribution >= 4 is 0 Å². The van der Waals surface area contributed by atoms with Gasteiger partial charge in [-0.2, -0.15) is 0 Å². The predicted molar refractivity (Wildman–Crippen MR) is 107 cm³/mol. The zero-order chi connectivity index (χ0) is 18.1. The monoisotopic (exact) mass is 334 g/mol. The molecule has 0 radical (unpaired) electrons. The molecule has 0 atom stereocenters. The third kappa shape index (κ3) is 6.31. The molecule has 0 amide bonds. The van der Waals surface area contributed by atoms with Gasteiger partial charge in [-0.15, -0.1) is 0 Å². The second-order valence-corrected chi connectivity index (χ2v) is 7.48. The Morgan fingerprint density at radius 2 is 1.56 bits per heavy atom. The van der Waals surface area contributed by atoms with Gasteiger partial charge in [-0.25, -0.2) is 0 Å². The maximum absolute atomic E-state index is 5.79. The SMILES string of the molecule is CCCCCCOc1ccc(C#Cc2ccccc2C(C)(C)C)cc1. The maximum atomic E-state index is 5.79. The molecule has 2 aromatic carbocycles. The maximum Gasteiger partial charge on any atom is 0.119 e. The number of unbranched alkanes of at least 4 members (excludes halogenated alkanes) is 3. The Hall–Kier alpha value is -2.20. The van der Waals surface area contributed by atoms with E-state index in [-0.39, 0.29) is 5.41 Å². The first-order valence-electron chi connectivity index (χ1n) is 9.35. The Balaban J connectivity index is 2.00. The number of benzene rings is 2. The molecule has 0 unspecified atom stereocenters. The molecular weight excluding hydrogens is 304 g/mol. The Morgan fingerprint density at radius 3 is 2.24 bits per heavy atom. The summed E-state index contributed by atoms with van der Waals surface area (Å²) in [5, 5.41) is 0. The molecule has 25 heavy (non-hydrogen) atoms. The molecule has 0 fully saturated rings. The van der Waals surface area contributed by atoms with Crippen molar-refractivity contribution in [2.45, 2.75) is 58.8 Å². The Morgan fingerprint density at radius 1 is 0.840 bits per heavy atom. The van der Waals surface area contributed by atoms with Gasteiger partial charge in [0, 0.05) is 11.1 Å². The average Bonchev–Trinajstić information content (AvgIpc) is 2.60. The quantitative estimate of drug-likeness (QED) is 0.442. The highest BCUT2D eigenvalue weighted by atomic mass is 16.5. The lowest BCUT2D eigenvalue weighted by atomic mass is 9.84. The second kappa shape index (κ2) is 9.33. The molecule has 2 aromatic rings. The minimum absolute atomic E-state index is 0.0980. The van der Waals surface area contributed by atoms with Gasteiger partial charge in [0.05, 0.1) is 6.61 Å². The summed E-state index contributed by atoms with van der Waals surface area (Å²) < 4.78 is 5.79. The van der Waals surface area contributed by atoms with Gasteiger partial charge in [0.25, 0.3) is 0 Å². The molecule has 0 bridgehead atoms. The molecule has 2 rings (SSSR count). The van der Waals surface area contributed by atoms with Gasteiger partial charge in [-0.05, 0) is 47.7 Å². The van der Waals surface area contributed by atoms with Gasteiger partial charge < -0.3 is 4.74 Å². The Bertz CT molecular complexity index is 708. The number of hydrogen-bond acceptors (Lipinski definition) is 1. The summed E-state index contributed by atoms with van der Waals surface area (Å²) >= 11 is 0. The summed E-state index contributed by atoms with van der Waals surface area (Å²) in [6, 6.07) is 16.5. The largest absolute Gasteiger partial charge is 0.494 e. The Labute approximate surface area is 153 Å². The van der Waals surface area contributed by atoms with Crippen LogP contribution >= 0.6 is 0 Å². The summed E-state index contributed by atoms with van der Waals surface area (Å²) in [6.07, 6.45) is 4.91. The van der Waals surface area contributed by atoms with Crippen LogP contribution in [-0.4, -0.2) is 6.61 Å². The lowest BCUT2D eigenvalue weighted by Gasteiger charge is -2.20. The summed E-state index contributed by atoms with van der Waals surface area (Å²) in [6.45, 7) is 9.69. The molecule has 0 aromatic heterocycles. The van der Waals surface area contributed by atoms with Crippen LogP contribution in [0.1, 0.15) is 70.1 Å². The first-order chi connectivity index (χ1) is 12.0. The molecule has 0 aliphatic heterocycles. The fraction of sp³-hybridized carbons (Fsp3) is 0.417. The van der Waals surface area contributed by atoms with Crippen molar-refractivity contribution in [2.75, 3.05) is 6.61 Å². The molecule has 132 valence electrons. The van der Waals surface area contributed by atoms with Gasteiger partial charge in [-0.1, -0.05) is 77.0 Å². The summed E-state index contributed by atoms with van der Waals surface area (Å²) in [4.78, 5) is 0. The van der Waals surface area contributed by atoms with Gasteiger partial charge in [0.1, 0.15) is 5.75 Å². The first-order valence-corrected chi connectivity index (χ1v) is 9.35. The number of rotatable bonds is 6. The molecular formula is C24H30O. The van der Waals surface area contributed by atoms with Gasteiger partial charge in [-0.3, -0.25) is 0 Å². The van der Waals surface area contributed by atoms with E-state index in [1.165, 1.54) is 24.8 Å². The van der Waals surface area contributed by atoms with Crippen LogP contribution in [0.25, 0.3) is 0 Å². The lowest BCUT2D eigenvalue weighted by molar-refractivity contribution is 0.305. The summed E-state index contributed by atoms with van der Waals surface area (Å²) in [7, 11) is 0. The van der Waals surface area contributed by atoms with E-state index in [0.717, 1.165) is 29.9 Å². The van der Waals surface area contributed by atoms with Crippen LogP contribution in [0.3, 0.4) is 0 Å². The van der Waals surface area contributed by atoms with E-state index < -0.39 is 0 Å². The van der Waals surface area contributed by atoms with Crippen LogP contribution in [0.15, 0.2) is 48.5 Å². The van der Waals surface area contributed by atoms with Crippen molar-refractivity contribution in [2.24, 2.45) is 0 Å². The normalized spacial score (nSPS) is 10.9. The van der Waals surface area contributed by atoms with E-state index in [2.05, 4.69) is 63.8 Å². The van der Waals surface area contributed by atoms with Crippen LogP contribution in [0.5, 0.6) is 5.75 Å². The van der Waals surface area contributed by atoms with E-state index in [9.17, 15) is 0 Å². The molecule has 0 saturated heterocycles. The van der Waals surface area contributed by atoms with Crippen molar-refractivity contribution in [3.8, 4) is 17.6 Å². The topological polar surface area (TPSA) is 9.23 Å². The van der Waals surface area contributed by atoms with Gasteiger partial charge in [0.2, 0.25) is 0 Å². The summed E-state index contributed by atoms with van der Waals surface area (Å²) in [5.41, 5.74) is 3.50. The number of ether oxygens (including phenoxy) is 1. The van der Waals surface area contributed by atoms with E-state index in [0.29, 0.717) is 0 Å². The highest BCUT2D eigenvalue weighted by Gasteiger charge is 2.16. The smallest absolute Gasteiger partial charge is 0.119 e. The minimum atomic E-state index is 0.0980. The van der Waals surface area contributed by atoms with Crippen LogP contribution < -0.4 is 4.74 Å². The predicted octanol–water partition coefficient (Wildman–Crippen LogP) is 6.34. The zero-order valence-corrected chi connectivity index (χ0v) is 16.1. The van der Waals surface area contributed by atoms with Crippen molar-refractivity contribution in [3.63, 3.8) is 0 Å². The highest BCUT2D eigenvalue weighted by Crippen LogP contribution is 2.25. The van der Waals surface area contributed by atoms with Crippen molar-refractivity contribution in [1.29, 1.82) is 0 Å². The van der Waals surface area contributed by atoms with Crippen LogP contribution in [0.4, 0.5) is 0 Å².